The van der Waals surface area contributed by atoms with Crippen LogP contribution >= 0.6 is 11.6 Å². The predicted molar refractivity (Wildman–Crippen MR) is 69.6 cm³/mol. The van der Waals surface area contributed by atoms with Crippen LogP contribution in [0.3, 0.4) is 0 Å². The maximum absolute atomic E-state index is 12.3. The summed E-state index contributed by atoms with van der Waals surface area (Å²) in [4.78, 5) is 14.2. The van der Waals surface area contributed by atoms with Gasteiger partial charge < -0.3 is 10.2 Å². The largest absolute Gasteiger partial charge is 0.336 e. The van der Waals surface area contributed by atoms with Crippen LogP contribution in [-0.4, -0.2) is 36.5 Å². The maximum Gasteiger partial charge on any atom is 0.255 e. The number of amides is 1. The van der Waals surface area contributed by atoms with Crippen molar-refractivity contribution in [2.45, 2.75) is 19.9 Å². The van der Waals surface area contributed by atoms with Crippen LogP contribution in [0.2, 0.25) is 5.02 Å². The van der Waals surface area contributed by atoms with Gasteiger partial charge in [0, 0.05) is 25.7 Å². The van der Waals surface area contributed by atoms with Gasteiger partial charge >= 0.3 is 0 Å². The zero-order chi connectivity index (χ0) is 12.4. The van der Waals surface area contributed by atoms with Crippen LogP contribution in [-0.2, 0) is 0 Å². The molecule has 3 nitrogen and oxygen atoms in total. The smallest absolute Gasteiger partial charge is 0.255 e. The van der Waals surface area contributed by atoms with Gasteiger partial charge in [-0.15, -0.1) is 0 Å². The van der Waals surface area contributed by atoms with E-state index in [1.54, 1.807) is 6.07 Å². The molecule has 1 amide bonds. The van der Waals surface area contributed by atoms with Crippen molar-refractivity contribution in [3.8, 4) is 0 Å². The zero-order valence-electron chi connectivity index (χ0n) is 10.2. The van der Waals surface area contributed by atoms with Crippen LogP contribution in [0, 0.1) is 6.92 Å². The molecular formula is C13H17ClN2O. The molecule has 4 heteroatoms. The van der Waals surface area contributed by atoms with Crippen molar-refractivity contribution in [1.29, 1.82) is 0 Å². The third-order valence-corrected chi connectivity index (χ3v) is 3.58. The van der Waals surface area contributed by atoms with Gasteiger partial charge in [0.25, 0.3) is 5.91 Å². The summed E-state index contributed by atoms with van der Waals surface area (Å²) in [5.41, 5.74) is 1.56. The van der Waals surface area contributed by atoms with E-state index in [-0.39, 0.29) is 5.91 Å². The molecule has 0 radical (unpaired) electrons. The summed E-state index contributed by atoms with van der Waals surface area (Å²) in [7, 11) is 0. The first-order valence-corrected chi connectivity index (χ1v) is 6.25. The van der Waals surface area contributed by atoms with Crippen molar-refractivity contribution in [2.24, 2.45) is 0 Å². The van der Waals surface area contributed by atoms with Gasteiger partial charge in [-0.05, 0) is 25.5 Å². The first kappa shape index (κ1) is 12.4. The second kappa shape index (κ2) is 5.07. The number of aryl methyl sites for hydroxylation is 1. The van der Waals surface area contributed by atoms with Gasteiger partial charge in [-0.2, -0.15) is 0 Å². The SMILES string of the molecule is Cc1cccc(C(=O)N2CCNC(C)C2)c1Cl. The summed E-state index contributed by atoms with van der Waals surface area (Å²) in [5, 5.41) is 3.89. The number of hydrogen-bond donors (Lipinski definition) is 1. The van der Waals surface area contributed by atoms with E-state index in [1.807, 2.05) is 24.0 Å². The lowest BCUT2D eigenvalue weighted by molar-refractivity contribution is 0.0709. The van der Waals surface area contributed by atoms with E-state index >= 15 is 0 Å². The number of rotatable bonds is 1. The summed E-state index contributed by atoms with van der Waals surface area (Å²) < 4.78 is 0. The van der Waals surface area contributed by atoms with E-state index < -0.39 is 0 Å². The van der Waals surface area contributed by atoms with E-state index in [1.165, 1.54) is 0 Å². The molecule has 1 aliphatic rings. The molecule has 0 aliphatic carbocycles. The van der Waals surface area contributed by atoms with Crippen LogP contribution in [0.1, 0.15) is 22.8 Å². The lowest BCUT2D eigenvalue weighted by atomic mass is 10.1. The van der Waals surface area contributed by atoms with Gasteiger partial charge in [0.1, 0.15) is 0 Å². The molecule has 2 rings (SSSR count). The first-order chi connectivity index (χ1) is 8.09. The summed E-state index contributed by atoms with van der Waals surface area (Å²) in [5.74, 6) is 0.0343. The van der Waals surface area contributed by atoms with E-state index in [0.29, 0.717) is 16.6 Å². The summed E-state index contributed by atoms with van der Waals surface area (Å²) in [6.07, 6.45) is 0. The Balaban J connectivity index is 2.22. The molecule has 1 aromatic carbocycles. The quantitative estimate of drug-likeness (QED) is 0.830. The lowest BCUT2D eigenvalue weighted by Crippen LogP contribution is -2.51. The Labute approximate surface area is 107 Å². The van der Waals surface area contributed by atoms with Crippen LogP contribution in [0.4, 0.5) is 0 Å². The fourth-order valence-electron chi connectivity index (χ4n) is 2.10. The number of piperazine rings is 1. The number of carbonyl (C=O) groups is 1. The standard InChI is InChI=1S/C13H17ClN2O/c1-9-4-3-5-11(12(9)14)13(17)16-7-6-15-10(2)8-16/h3-5,10,15H,6-8H2,1-2H3. The van der Waals surface area contributed by atoms with Gasteiger partial charge in [0.05, 0.1) is 10.6 Å². The monoisotopic (exact) mass is 252 g/mol. The molecule has 92 valence electrons. The molecule has 1 unspecified atom stereocenters. The molecule has 1 N–H and O–H groups in total. The molecule has 1 aliphatic heterocycles. The van der Waals surface area contributed by atoms with E-state index in [0.717, 1.165) is 25.2 Å². The topological polar surface area (TPSA) is 32.3 Å². The second-order valence-corrected chi connectivity index (χ2v) is 4.92. The molecule has 17 heavy (non-hydrogen) atoms. The fourth-order valence-corrected chi connectivity index (χ4v) is 2.31. The maximum atomic E-state index is 12.3. The second-order valence-electron chi connectivity index (χ2n) is 4.54. The summed E-state index contributed by atoms with van der Waals surface area (Å²) in [6.45, 7) is 6.32. The first-order valence-electron chi connectivity index (χ1n) is 5.87. The van der Waals surface area contributed by atoms with Gasteiger partial charge in [-0.25, -0.2) is 0 Å². The number of nitrogens with one attached hydrogen (secondary N) is 1. The number of carbonyl (C=O) groups excluding carboxylic acids is 1. The molecular weight excluding hydrogens is 236 g/mol. The highest BCUT2D eigenvalue weighted by atomic mass is 35.5. The number of benzene rings is 1. The predicted octanol–water partition coefficient (Wildman–Crippen LogP) is 2.08. The average molecular weight is 253 g/mol. The minimum Gasteiger partial charge on any atom is -0.336 e. The minimum atomic E-state index is 0.0343. The van der Waals surface area contributed by atoms with Crippen molar-refractivity contribution in [1.82, 2.24) is 10.2 Å². The molecule has 0 aromatic heterocycles. The van der Waals surface area contributed by atoms with Crippen LogP contribution in [0.25, 0.3) is 0 Å². The van der Waals surface area contributed by atoms with Crippen molar-refractivity contribution >= 4 is 17.5 Å². The van der Waals surface area contributed by atoms with Crippen LogP contribution < -0.4 is 5.32 Å². The minimum absolute atomic E-state index is 0.0343. The Morgan fingerprint density at radius 2 is 2.29 bits per heavy atom. The zero-order valence-corrected chi connectivity index (χ0v) is 10.9. The van der Waals surface area contributed by atoms with E-state index in [9.17, 15) is 4.79 Å². The van der Waals surface area contributed by atoms with Crippen molar-refractivity contribution in [3.63, 3.8) is 0 Å². The fraction of sp³-hybridized carbons (Fsp3) is 0.462. The molecule has 0 bridgehead atoms. The van der Waals surface area contributed by atoms with Crippen LogP contribution in [0.5, 0.6) is 0 Å². The highest BCUT2D eigenvalue weighted by Crippen LogP contribution is 2.22. The van der Waals surface area contributed by atoms with Crippen molar-refractivity contribution in [2.75, 3.05) is 19.6 Å². The van der Waals surface area contributed by atoms with Gasteiger partial charge in [-0.1, -0.05) is 23.7 Å². The third-order valence-electron chi connectivity index (χ3n) is 3.08. The summed E-state index contributed by atoms with van der Waals surface area (Å²) >= 11 is 6.18. The Hall–Kier alpha value is -1.06. The molecule has 0 saturated carbocycles. The molecule has 1 saturated heterocycles. The molecule has 0 spiro atoms. The Morgan fingerprint density at radius 1 is 1.53 bits per heavy atom. The highest BCUT2D eigenvalue weighted by Gasteiger charge is 2.23. The van der Waals surface area contributed by atoms with Crippen LogP contribution in [0.15, 0.2) is 18.2 Å². The van der Waals surface area contributed by atoms with Gasteiger partial charge in [0.2, 0.25) is 0 Å². The van der Waals surface area contributed by atoms with Gasteiger partial charge in [0.15, 0.2) is 0 Å². The highest BCUT2D eigenvalue weighted by molar-refractivity contribution is 6.34. The Bertz CT molecular complexity index is 433. The van der Waals surface area contributed by atoms with Crippen molar-refractivity contribution < 1.29 is 4.79 Å². The lowest BCUT2D eigenvalue weighted by Gasteiger charge is -2.32. The molecule has 1 aromatic rings. The third kappa shape index (κ3) is 2.61. The van der Waals surface area contributed by atoms with E-state index in [2.05, 4.69) is 12.2 Å². The Morgan fingerprint density at radius 3 is 3.00 bits per heavy atom. The van der Waals surface area contributed by atoms with E-state index in [4.69, 9.17) is 11.6 Å². The molecule has 1 fully saturated rings. The molecule has 1 heterocycles. The average Bonchev–Trinajstić information content (AvgIpc) is 2.32. The molecule has 1 atom stereocenters. The number of nitrogens with zero attached hydrogens (tertiary/aromatic N) is 1. The number of halogens is 1. The van der Waals surface area contributed by atoms with Crippen molar-refractivity contribution in [3.05, 3.63) is 34.3 Å². The number of hydrogen-bond acceptors (Lipinski definition) is 2. The van der Waals surface area contributed by atoms with Gasteiger partial charge in [-0.3, -0.25) is 4.79 Å². The normalized spacial score (nSPS) is 20.4. The summed E-state index contributed by atoms with van der Waals surface area (Å²) in [6, 6.07) is 5.93. The Kier molecular flexibility index (Phi) is 3.69.